The third kappa shape index (κ3) is 3.62. The number of carbonyl (C=O) groups excluding carboxylic acids is 1. The minimum Gasteiger partial charge on any atom is -0.408 e. The van der Waals surface area contributed by atoms with Crippen LogP contribution in [0.3, 0.4) is 0 Å². The summed E-state index contributed by atoms with van der Waals surface area (Å²) in [6, 6.07) is 5.72. The van der Waals surface area contributed by atoms with Crippen LogP contribution in [0.25, 0.3) is 11.1 Å². The molecule has 0 unspecified atom stereocenters. The molecule has 2 aromatic heterocycles. The number of alkyl halides is 3. The lowest BCUT2D eigenvalue weighted by molar-refractivity contribution is -0.138. The Morgan fingerprint density at radius 1 is 1.20 bits per heavy atom. The second-order valence-electron chi connectivity index (χ2n) is 5.16. The zero-order valence-corrected chi connectivity index (χ0v) is 12.4. The smallest absolute Gasteiger partial charge is 0.408 e. The summed E-state index contributed by atoms with van der Waals surface area (Å²) in [4.78, 5) is 37.1. The Morgan fingerprint density at radius 2 is 1.96 bits per heavy atom. The first-order valence-electron chi connectivity index (χ1n) is 6.93. The van der Waals surface area contributed by atoms with Gasteiger partial charge in [0.25, 0.3) is 5.56 Å². The van der Waals surface area contributed by atoms with Crippen LogP contribution in [0, 0.1) is 0 Å². The van der Waals surface area contributed by atoms with Gasteiger partial charge in [0.2, 0.25) is 5.91 Å². The first-order valence-corrected chi connectivity index (χ1v) is 6.93. The van der Waals surface area contributed by atoms with Gasteiger partial charge in [-0.05, 0) is 24.3 Å². The van der Waals surface area contributed by atoms with Crippen molar-refractivity contribution in [1.29, 1.82) is 0 Å². The zero-order chi connectivity index (χ0) is 18.2. The minimum absolute atomic E-state index is 0.287. The van der Waals surface area contributed by atoms with Crippen LogP contribution in [-0.2, 0) is 17.5 Å². The highest BCUT2D eigenvalue weighted by Gasteiger charge is 2.31. The predicted octanol–water partition coefficient (Wildman–Crippen LogP) is 1.94. The van der Waals surface area contributed by atoms with Crippen LogP contribution in [0.1, 0.15) is 5.56 Å². The van der Waals surface area contributed by atoms with Gasteiger partial charge < -0.3 is 14.3 Å². The van der Waals surface area contributed by atoms with Crippen LogP contribution in [0.4, 0.5) is 18.9 Å². The summed E-state index contributed by atoms with van der Waals surface area (Å²) in [5.41, 5.74) is -0.847. The van der Waals surface area contributed by atoms with Gasteiger partial charge in [0.05, 0.1) is 11.1 Å². The van der Waals surface area contributed by atoms with Crippen molar-refractivity contribution in [3.8, 4) is 0 Å². The van der Waals surface area contributed by atoms with Gasteiger partial charge in [-0.15, -0.1) is 0 Å². The normalized spacial score (nSPS) is 11.6. The molecule has 0 spiro atoms. The van der Waals surface area contributed by atoms with Gasteiger partial charge in [-0.2, -0.15) is 13.2 Å². The molecule has 1 aromatic carbocycles. The summed E-state index contributed by atoms with van der Waals surface area (Å²) < 4.78 is 43.5. The molecule has 0 radical (unpaired) electrons. The lowest BCUT2D eigenvalue weighted by Gasteiger charge is -2.11. The number of oxazole rings is 1. The SMILES string of the molecule is O=C(Cn1cc(C(F)(F)F)ccc1=O)Nc1ccc2oc(=O)[nH]c2c1. The summed E-state index contributed by atoms with van der Waals surface area (Å²) in [7, 11) is 0. The van der Waals surface area contributed by atoms with E-state index in [-0.39, 0.29) is 11.3 Å². The molecule has 0 aliphatic heterocycles. The standard InChI is InChI=1S/C15H10F3N3O4/c16-15(17,18)8-1-4-13(23)21(6-8)7-12(22)19-9-2-3-11-10(5-9)20-14(24)25-11/h1-6H,7H2,(H,19,22)(H,20,24). The van der Waals surface area contributed by atoms with E-state index in [2.05, 4.69) is 10.3 Å². The number of amides is 1. The Morgan fingerprint density at radius 3 is 2.68 bits per heavy atom. The van der Waals surface area contributed by atoms with Gasteiger partial charge in [-0.1, -0.05) is 0 Å². The summed E-state index contributed by atoms with van der Waals surface area (Å²) in [6.07, 6.45) is -4.04. The molecule has 0 bridgehead atoms. The Bertz CT molecular complexity index is 1060. The van der Waals surface area contributed by atoms with Crippen molar-refractivity contribution in [2.24, 2.45) is 0 Å². The second-order valence-corrected chi connectivity index (χ2v) is 5.16. The number of rotatable bonds is 3. The molecule has 7 nitrogen and oxygen atoms in total. The molecule has 3 rings (SSSR count). The topological polar surface area (TPSA) is 97.1 Å². The van der Waals surface area contributed by atoms with Crippen LogP contribution >= 0.6 is 0 Å². The van der Waals surface area contributed by atoms with E-state index in [1.54, 1.807) is 0 Å². The molecule has 0 aliphatic rings. The van der Waals surface area contributed by atoms with Gasteiger partial charge in [0.15, 0.2) is 5.58 Å². The van der Waals surface area contributed by atoms with E-state index in [9.17, 15) is 27.6 Å². The molecule has 25 heavy (non-hydrogen) atoms. The van der Waals surface area contributed by atoms with Gasteiger partial charge in [-0.25, -0.2) is 4.79 Å². The molecule has 0 saturated carbocycles. The number of carbonyl (C=O) groups is 1. The summed E-state index contributed by atoms with van der Waals surface area (Å²) in [5.74, 6) is -1.36. The lowest BCUT2D eigenvalue weighted by atomic mass is 10.2. The number of halogens is 3. The number of aromatic amines is 1. The van der Waals surface area contributed by atoms with Crippen molar-refractivity contribution in [1.82, 2.24) is 9.55 Å². The molecule has 0 fully saturated rings. The van der Waals surface area contributed by atoms with E-state index < -0.39 is 35.5 Å². The average molecular weight is 353 g/mol. The number of nitrogens with zero attached hydrogens (tertiary/aromatic N) is 1. The highest BCUT2D eigenvalue weighted by atomic mass is 19.4. The van der Waals surface area contributed by atoms with E-state index in [1.807, 2.05) is 0 Å². The van der Waals surface area contributed by atoms with Crippen LogP contribution in [0.15, 0.2) is 50.5 Å². The fourth-order valence-electron chi connectivity index (χ4n) is 2.21. The molecule has 0 atom stereocenters. The molecule has 10 heteroatoms. The predicted molar refractivity (Wildman–Crippen MR) is 81.2 cm³/mol. The van der Waals surface area contributed by atoms with Gasteiger partial charge >= 0.3 is 11.9 Å². The Balaban J connectivity index is 1.79. The monoisotopic (exact) mass is 353 g/mol. The van der Waals surface area contributed by atoms with Crippen LogP contribution in [-0.4, -0.2) is 15.5 Å². The fourth-order valence-corrected chi connectivity index (χ4v) is 2.21. The van der Waals surface area contributed by atoms with E-state index in [0.29, 0.717) is 22.3 Å². The van der Waals surface area contributed by atoms with Crippen molar-refractivity contribution < 1.29 is 22.4 Å². The zero-order valence-electron chi connectivity index (χ0n) is 12.4. The van der Waals surface area contributed by atoms with E-state index in [1.165, 1.54) is 18.2 Å². The molecule has 1 amide bonds. The molecule has 130 valence electrons. The molecule has 2 heterocycles. The Kier molecular flexibility index (Phi) is 3.95. The van der Waals surface area contributed by atoms with Crippen molar-refractivity contribution in [3.63, 3.8) is 0 Å². The first-order chi connectivity index (χ1) is 11.7. The third-order valence-electron chi connectivity index (χ3n) is 3.33. The highest BCUT2D eigenvalue weighted by molar-refractivity contribution is 5.92. The number of fused-ring (bicyclic) bond motifs is 1. The van der Waals surface area contributed by atoms with E-state index in [0.717, 1.165) is 6.07 Å². The number of pyridine rings is 1. The molecule has 0 aliphatic carbocycles. The number of H-pyrrole nitrogens is 1. The van der Waals surface area contributed by atoms with E-state index >= 15 is 0 Å². The maximum absolute atomic E-state index is 12.7. The number of benzene rings is 1. The number of nitrogens with one attached hydrogen (secondary N) is 2. The van der Waals surface area contributed by atoms with Crippen molar-refractivity contribution in [3.05, 3.63) is 63.0 Å². The molecular weight excluding hydrogens is 343 g/mol. The van der Waals surface area contributed by atoms with Crippen LogP contribution in [0.5, 0.6) is 0 Å². The summed E-state index contributed by atoms with van der Waals surface area (Å²) >= 11 is 0. The Labute approximate surface area is 136 Å². The van der Waals surface area contributed by atoms with Crippen molar-refractivity contribution in [2.45, 2.75) is 12.7 Å². The van der Waals surface area contributed by atoms with E-state index in [4.69, 9.17) is 4.42 Å². The number of aromatic nitrogens is 2. The number of hydrogen-bond donors (Lipinski definition) is 2. The van der Waals surface area contributed by atoms with Crippen LogP contribution in [0.2, 0.25) is 0 Å². The largest absolute Gasteiger partial charge is 0.417 e. The highest BCUT2D eigenvalue weighted by Crippen LogP contribution is 2.28. The Hall–Kier alpha value is -3.30. The van der Waals surface area contributed by atoms with Gasteiger partial charge in [0.1, 0.15) is 6.54 Å². The third-order valence-corrected chi connectivity index (χ3v) is 3.33. The quantitative estimate of drug-likeness (QED) is 0.752. The maximum atomic E-state index is 12.7. The average Bonchev–Trinajstić information content (AvgIpc) is 2.87. The molecule has 0 saturated heterocycles. The van der Waals surface area contributed by atoms with Crippen molar-refractivity contribution in [2.75, 3.05) is 5.32 Å². The minimum atomic E-state index is -4.62. The summed E-state index contributed by atoms with van der Waals surface area (Å²) in [6.45, 7) is -0.595. The first kappa shape index (κ1) is 16.6. The molecule has 3 aromatic rings. The summed E-state index contributed by atoms with van der Waals surface area (Å²) in [5, 5.41) is 2.43. The lowest BCUT2D eigenvalue weighted by Crippen LogP contribution is -2.28. The van der Waals surface area contributed by atoms with Crippen LogP contribution < -0.4 is 16.6 Å². The second kappa shape index (κ2) is 5.96. The number of hydrogen-bond acceptors (Lipinski definition) is 4. The number of anilines is 1. The van der Waals surface area contributed by atoms with Gasteiger partial charge in [-0.3, -0.25) is 14.6 Å². The fraction of sp³-hybridized carbons (Fsp3) is 0.133. The molecule has 2 N–H and O–H groups in total. The molecular formula is C15H10F3N3O4. The van der Waals surface area contributed by atoms with Crippen molar-refractivity contribution >= 4 is 22.7 Å². The maximum Gasteiger partial charge on any atom is 0.417 e. The van der Waals surface area contributed by atoms with Gasteiger partial charge in [0, 0.05) is 18.0 Å².